The van der Waals surface area contributed by atoms with Crippen LogP contribution in [0.5, 0.6) is 0 Å². The Labute approximate surface area is 92.1 Å². The fourth-order valence-electron chi connectivity index (χ4n) is 0.833. The molecule has 0 saturated carbocycles. The highest BCUT2D eigenvalue weighted by Gasteiger charge is 2.28. The van der Waals surface area contributed by atoms with Gasteiger partial charge in [-0.1, -0.05) is 39.8 Å². The molecule has 2 heteroatoms. The van der Waals surface area contributed by atoms with Crippen LogP contribution in [0.2, 0.25) is 0 Å². The van der Waals surface area contributed by atoms with E-state index in [-0.39, 0.29) is 17.0 Å². The summed E-state index contributed by atoms with van der Waals surface area (Å²) in [5.41, 5.74) is -0.347. The average molecular weight is 208 g/mol. The van der Waals surface area contributed by atoms with Crippen molar-refractivity contribution in [3.8, 4) is 0 Å². The van der Waals surface area contributed by atoms with Crippen molar-refractivity contribution in [1.82, 2.24) is 0 Å². The van der Waals surface area contributed by atoms with Gasteiger partial charge >= 0.3 is 0 Å². The highest BCUT2D eigenvalue weighted by molar-refractivity contribution is 5.95. The predicted octanol–water partition coefficient (Wildman–Crippen LogP) is 2.94. The maximum absolute atomic E-state index is 11.7. The minimum atomic E-state index is -0.347. The first-order valence-electron chi connectivity index (χ1n) is 5.18. The zero-order valence-corrected chi connectivity index (χ0v) is 10.2. The van der Waals surface area contributed by atoms with Crippen molar-refractivity contribution in [2.75, 3.05) is 0 Å². The predicted molar refractivity (Wildman–Crippen MR) is 62.6 cm³/mol. The maximum Gasteiger partial charge on any atom is 0.161 e. The molecule has 0 heterocycles. The molecule has 0 bridgehead atoms. The molecule has 0 N–H and O–H groups in total. The first-order chi connectivity index (χ1) is 6.78. The lowest BCUT2D eigenvalue weighted by Gasteiger charge is -2.25. The second kappa shape index (κ2) is 5.64. The van der Waals surface area contributed by atoms with Gasteiger partial charge in [0.05, 0.1) is 0 Å². The summed E-state index contributed by atoms with van der Waals surface area (Å²) >= 11 is 0. The fraction of sp³-hybridized carbons (Fsp3) is 0.538. The van der Waals surface area contributed by atoms with Gasteiger partial charge in [-0.05, 0) is 25.0 Å². The van der Waals surface area contributed by atoms with E-state index in [1.807, 2.05) is 27.7 Å². The third-order valence-corrected chi connectivity index (χ3v) is 2.77. The molecule has 0 aromatic heterocycles. The molecule has 0 aromatic carbocycles. The molecule has 15 heavy (non-hydrogen) atoms. The number of carbonyl (C=O) groups is 2. The summed E-state index contributed by atoms with van der Waals surface area (Å²) in [5, 5.41) is 0. The molecule has 0 amide bonds. The van der Waals surface area contributed by atoms with Crippen LogP contribution in [-0.2, 0) is 9.59 Å². The van der Waals surface area contributed by atoms with Crippen molar-refractivity contribution in [2.45, 2.75) is 34.6 Å². The number of hydrogen-bond acceptors (Lipinski definition) is 2. The molecule has 0 fully saturated rings. The van der Waals surface area contributed by atoms with Gasteiger partial charge in [0, 0.05) is 5.41 Å². The lowest BCUT2D eigenvalue weighted by Crippen LogP contribution is -2.28. The third-order valence-electron chi connectivity index (χ3n) is 2.77. The number of hydrogen-bond donors (Lipinski definition) is 0. The van der Waals surface area contributed by atoms with Crippen LogP contribution in [0.1, 0.15) is 34.6 Å². The summed E-state index contributed by atoms with van der Waals surface area (Å²) in [6.07, 6.45) is 6.18. The number of rotatable bonds is 5. The van der Waals surface area contributed by atoms with E-state index in [2.05, 4.69) is 0 Å². The summed E-state index contributed by atoms with van der Waals surface area (Å²) in [4.78, 5) is 22.3. The Kier molecular flexibility index (Phi) is 5.20. The molecule has 0 unspecified atom stereocenters. The minimum Gasteiger partial charge on any atom is -0.295 e. The summed E-state index contributed by atoms with van der Waals surface area (Å²) < 4.78 is 0. The largest absolute Gasteiger partial charge is 0.295 e. The molecule has 0 rings (SSSR count). The van der Waals surface area contributed by atoms with Crippen LogP contribution in [0.3, 0.4) is 0 Å². The molecule has 0 aromatic rings. The minimum absolute atomic E-state index is 0.0183. The van der Waals surface area contributed by atoms with E-state index in [1.54, 1.807) is 12.2 Å². The Balaban J connectivity index is 4.44. The van der Waals surface area contributed by atoms with Crippen LogP contribution in [0.4, 0.5) is 0 Å². The molecule has 0 radical (unpaired) electrons. The number of ketones is 2. The molecule has 0 aliphatic carbocycles. The molecule has 84 valence electrons. The second-order valence-electron chi connectivity index (χ2n) is 4.57. The van der Waals surface area contributed by atoms with Gasteiger partial charge in [-0.25, -0.2) is 0 Å². The molecular formula is C13H20O2. The first kappa shape index (κ1) is 13.8. The zero-order chi connectivity index (χ0) is 12.1. The van der Waals surface area contributed by atoms with Gasteiger partial charge in [0.25, 0.3) is 0 Å². The normalized spacial score (nSPS) is 12.9. The monoisotopic (exact) mass is 208 g/mol. The van der Waals surface area contributed by atoms with E-state index in [0.29, 0.717) is 5.92 Å². The molecule has 0 atom stereocenters. The van der Waals surface area contributed by atoms with E-state index in [9.17, 15) is 9.59 Å². The van der Waals surface area contributed by atoms with Gasteiger partial charge < -0.3 is 0 Å². The Hall–Kier alpha value is -1.18. The molecule has 0 saturated heterocycles. The standard InChI is InChI=1S/C13H20O2/c1-10(2)13(4,5)12(15)9-7-6-8-11(3)14/h6-10H,1-5H3/b8-6+,9-7+. The van der Waals surface area contributed by atoms with Gasteiger partial charge in [0.15, 0.2) is 11.6 Å². The van der Waals surface area contributed by atoms with E-state index < -0.39 is 0 Å². The third kappa shape index (κ3) is 4.73. The van der Waals surface area contributed by atoms with E-state index in [4.69, 9.17) is 0 Å². The van der Waals surface area contributed by atoms with Crippen molar-refractivity contribution in [1.29, 1.82) is 0 Å². The zero-order valence-electron chi connectivity index (χ0n) is 10.2. The fourth-order valence-corrected chi connectivity index (χ4v) is 0.833. The topological polar surface area (TPSA) is 34.1 Å². The van der Waals surface area contributed by atoms with Gasteiger partial charge in [0.1, 0.15) is 0 Å². The SMILES string of the molecule is CC(=O)/C=C/C=C/C(=O)C(C)(C)C(C)C. The molecular weight excluding hydrogens is 188 g/mol. The van der Waals surface area contributed by atoms with E-state index in [0.717, 1.165) is 0 Å². The van der Waals surface area contributed by atoms with Crippen LogP contribution < -0.4 is 0 Å². The van der Waals surface area contributed by atoms with Crippen molar-refractivity contribution in [2.24, 2.45) is 11.3 Å². The van der Waals surface area contributed by atoms with Crippen molar-refractivity contribution < 1.29 is 9.59 Å². The maximum atomic E-state index is 11.7. The van der Waals surface area contributed by atoms with Gasteiger partial charge in [0.2, 0.25) is 0 Å². The Morgan fingerprint density at radius 2 is 1.53 bits per heavy atom. The van der Waals surface area contributed by atoms with Crippen LogP contribution in [0.15, 0.2) is 24.3 Å². The number of carbonyl (C=O) groups excluding carboxylic acids is 2. The Bertz CT molecular complexity index is 294. The number of allylic oxidation sites excluding steroid dienone is 4. The van der Waals surface area contributed by atoms with Crippen LogP contribution >= 0.6 is 0 Å². The van der Waals surface area contributed by atoms with Crippen LogP contribution in [0.25, 0.3) is 0 Å². The van der Waals surface area contributed by atoms with Crippen molar-refractivity contribution in [3.05, 3.63) is 24.3 Å². The summed E-state index contributed by atoms with van der Waals surface area (Å²) in [5.74, 6) is 0.368. The Morgan fingerprint density at radius 1 is 1.07 bits per heavy atom. The van der Waals surface area contributed by atoms with E-state index in [1.165, 1.54) is 19.1 Å². The van der Waals surface area contributed by atoms with Crippen molar-refractivity contribution in [3.63, 3.8) is 0 Å². The van der Waals surface area contributed by atoms with Crippen molar-refractivity contribution >= 4 is 11.6 Å². The van der Waals surface area contributed by atoms with E-state index >= 15 is 0 Å². The average Bonchev–Trinajstić information content (AvgIpc) is 2.11. The lowest BCUT2D eigenvalue weighted by molar-refractivity contribution is -0.124. The van der Waals surface area contributed by atoms with Gasteiger partial charge in [-0.2, -0.15) is 0 Å². The highest BCUT2D eigenvalue weighted by atomic mass is 16.1. The Morgan fingerprint density at radius 3 is 1.93 bits per heavy atom. The second-order valence-corrected chi connectivity index (χ2v) is 4.57. The summed E-state index contributed by atoms with van der Waals surface area (Å²) in [7, 11) is 0. The first-order valence-corrected chi connectivity index (χ1v) is 5.18. The van der Waals surface area contributed by atoms with Crippen LogP contribution in [0, 0.1) is 11.3 Å². The van der Waals surface area contributed by atoms with Crippen LogP contribution in [-0.4, -0.2) is 11.6 Å². The summed E-state index contributed by atoms with van der Waals surface area (Å²) in [6, 6.07) is 0. The molecule has 2 nitrogen and oxygen atoms in total. The molecule has 0 spiro atoms. The molecule has 0 aliphatic rings. The summed E-state index contributed by atoms with van der Waals surface area (Å²) in [6.45, 7) is 9.39. The van der Waals surface area contributed by atoms with Gasteiger partial charge in [-0.3, -0.25) is 9.59 Å². The smallest absolute Gasteiger partial charge is 0.161 e. The lowest BCUT2D eigenvalue weighted by atomic mass is 9.77. The highest BCUT2D eigenvalue weighted by Crippen LogP contribution is 2.27. The molecule has 0 aliphatic heterocycles. The quantitative estimate of drug-likeness (QED) is 0.514. The van der Waals surface area contributed by atoms with Gasteiger partial charge in [-0.15, -0.1) is 0 Å².